The minimum atomic E-state index is -2.85. The number of ether oxygens (including phenoxy) is 1. The Labute approximate surface area is 98.4 Å². The van der Waals surface area contributed by atoms with Gasteiger partial charge < -0.3 is 15.2 Å². The minimum absolute atomic E-state index is 0.120. The van der Waals surface area contributed by atoms with E-state index in [1.54, 1.807) is 18.2 Å². The highest BCUT2D eigenvalue weighted by atomic mass is 19.3. The largest absolute Gasteiger partial charge is 0.434 e. The average molecular weight is 243 g/mol. The molecule has 0 amide bonds. The SMILES string of the molecule is OCC(NC1CC1)c1ccccc1OC(F)F. The lowest BCUT2D eigenvalue weighted by molar-refractivity contribution is -0.0508. The van der Waals surface area contributed by atoms with Crippen molar-refractivity contribution in [3.63, 3.8) is 0 Å². The second kappa shape index (κ2) is 5.42. The van der Waals surface area contributed by atoms with Gasteiger partial charge >= 0.3 is 6.61 Å². The highest BCUT2D eigenvalue weighted by Gasteiger charge is 2.26. The van der Waals surface area contributed by atoms with Crippen LogP contribution in [0.4, 0.5) is 8.78 Å². The third-order valence-electron chi connectivity index (χ3n) is 2.71. The average Bonchev–Trinajstić information content (AvgIpc) is 3.10. The van der Waals surface area contributed by atoms with Crippen LogP contribution in [0.5, 0.6) is 5.75 Å². The van der Waals surface area contributed by atoms with E-state index in [0.717, 1.165) is 12.8 Å². The molecule has 1 unspecified atom stereocenters. The number of aliphatic hydroxyl groups is 1. The molecule has 0 bridgehead atoms. The van der Waals surface area contributed by atoms with E-state index in [1.165, 1.54) is 6.07 Å². The summed E-state index contributed by atoms with van der Waals surface area (Å²) in [5.41, 5.74) is 0.571. The molecule has 0 heterocycles. The van der Waals surface area contributed by atoms with Gasteiger partial charge in [0.2, 0.25) is 0 Å². The second-order valence-electron chi connectivity index (χ2n) is 4.09. The van der Waals surface area contributed by atoms with Crippen molar-refractivity contribution >= 4 is 0 Å². The maximum absolute atomic E-state index is 12.2. The lowest BCUT2D eigenvalue weighted by Gasteiger charge is -2.19. The van der Waals surface area contributed by atoms with Crippen LogP contribution in [0.25, 0.3) is 0 Å². The molecule has 17 heavy (non-hydrogen) atoms. The van der Waals surface area contributed by atoms with Crippen LogP contribution in [0.3, 0.4) is 0 Å². The second-order valence-corrected chi connectivity index (χ2v) is 4.09. The van der Waals surface area contributed by atoms with Crippen molar-refractivity contribution in [1.82, 2.24) is 5.32 Å². The van der Waals surface area contributed by atoms with Crippen molar-refractivity contribution in [2.75, 3.05) is 6.61 Å². The van der Waals surface area contributed by atoms with E-state index >= 15 is 0 Å². The van der Waals surface area contributed by atoms with E-state index in [9.17, 15) is 13.9 Å². The summed E-state index contributed by atoms with van der Waals surface area (Å²) >= 11 is 0. The summed E-state index contributed by atoms with van der Waals surface area (Å²) in [4.78, 5) is 0. The van der Waals surface area contributed by atoms with E-state index in [0.29, 0.717) is 11.6 Å². The molecule has 1 aromatic rings. The Morgan fingerprint density at radius 3 is 2.65 bits per heavy atom. The summed E-state index contributed by atoms with van der Waals surface area (Å²) in [6, 6.07) is 6.58. The molecule has 1 atom stereocenters. The van der Waals surface area contributed by atoms with Crippen molar-refractivity contribution in [3.8, 4) is 5.75 Å². The molecule has 1 saturated carbocycles. The topological polar surface area (TPSA) is 41.5 Å². The first-order valence-electron chi connectivity index (χ1n) is 5.61. The molecule has 3 nitrogen and oxygen atoms in total. The summed E-state index contributed by atoms with van der Waals surface area (Å²) < 4.78 is 28.9. The molecule has 2 rings (SSSR count). The summed E-state index contributed by atoms with van der Waals surface area (Å²) in [6.45, 7) is -2.99. The van der Waals surface area contributed by atoms with E-state index in [1.807, 2.05) is 0 Å². The van der Waals surface area contributed by atoms with Crippen LogP contribution in [-0.2, 0) is 0 Å². The molecule has 2 N–H and O–H groups in total. The Kier molecular flexibility index (Phi) is 3.91. The fourth-order valence-electron chi connectivity index (χ4n) is 1.75. The monoisotopic (exact) mass is 243 g/mol. The number of rotatable bonds is 6. The number of alkyl halides is 2. The van der Waals surface area contributed by atoms with Crippen molar-refractivity contribution in [3.05, 3.63) is 29.8 Å². The van der Waals surface area contributed by atoms with Crippen molar-refractivity contribution in [1.29, 1.82) is 0 Å². The number of hydrogen-bond acceptors (Lipinski definition) is 3. The van der Waals surface area contributed by atoms with Gasteiger partial charge in [0.15, 0.2) is 0 Å². The van der Waals surface area contributed by atoms with Gasteiger partial charge in [-0.1, -0.05) is 18.2 Å². The normalized spacial score (nSPS) is 17.2. The molecule has 0 aromatic heterocycles. The molecule has 1 aliphatic rings. The maximum atomic E-state index is 12.2. The maximum Gasteiger partial charge on any atom is 0.387 e. The van der Waals surface area contributed by atoms with Crippen molar-refractivity contribution < 1.29 is 18.6 Å². The van der Waals surface area contributed by atoms with Gasteiger partial charge in [0.05, 0.1) is 12.6 Å². The molecule has 5 heteroatoms. The van der Waals surface area contributed by atoms with Gasteiger partial charge in [-0.25, -0.2) is 0 Å². The zero-order valence-electron chi connectivity index (χ0n) is 9.27. The predicted molar refractivity (Wildman–Crippen MR) is 59.1 cm³/mol. The van der Waals surface area contributed by atoms with E-state index < -0.39 is 6.61 Å². The predicted octanol–water partition coefficient (Wildman–Crippen LogP) is 2.07. The van der Waals surface area contributed by atoms with Gasteiger partial charge in [-0.15, -0.1) is 0 Å². The molecule has 0 aliphatic heterocycles. The van der Waals surface area contributed by atoms with Gasteiger partial charge in [-0.2, -0.15) is 8.78 Å². The quantitative estimate of drug-likeness (QED) is 0.803. The zero-order chi connectivity index (χ0) is 12.3. The smallest absolute Gasteiger partial charge is 0.387 e. The number of para-hydroxylation sites is 1. The van der Waals surface area contributed by atoms with Crippen LogP contribution in [-0.4, -0.2) is 24.4 Å². The van der Waals surface area contributed by atoms with Gasteiger partial charge in [0, 0.05) is 11.6 Å². The zero-order valence-corrected chi connectivity index (χ0v) is 9.27. The first kappa shape index (κ1) is 12.3. The molecule has 1 fully saturated rings. The molecule has 0 radical (unpaired) electrons. The summed E-state index contributed by atoms with van der Waals surface area (Å²) in [5, 5.41) is 12.5. The molecule has 1 aliphatic carbocycles. The van der Waals surface area contributed by atoms with Crippen molar-refractivity contribution in [2.45, 2.75) is 31.5 Å². The van der Waals surface area contributed by atoms with Gasteiger partial charge in [-0.05, 0) is 18.9 Å². The third kappa shape index (κ3) is 3.38. The Balaban J connectivity index is 2.15. The minimum Gasteiger partial charge on any atom is -0.434 e. The lowest BCUT2D eigenvalue weighted by atomic mass is 10.1. The number of hydrogen-bond donors (Lipinski definition) is 2. The molecular formula is C12H15F2NO2. The molecule has 94 valence electrons. The Hall–Kier alpha value is -1.20. The Morgan fingerprint density at radius 2 is 2.06 bits per heavy atom. The number of halogens is 2. The van der Waals surface area contributed by atoms with Gasteiger partial charge in [-0.3, -0.25) is 0 Å². The van der Waals surface area contributed by atoms with E-state index in [4.69, 9.17) is 0 Å². The molecular weight excluding hydrogens is 228 g/mol. The Bertz CT molecular complexity index is 369. The Morgan fingerprint density at radius 1 is 1.35 bits per heavy atom. The fourth-order valence-corrected chi connectivity index (χ4v) is 1.75. The van der Waals surface area contributed by atoms with E-state index in [2.05, 4.69) is 10.1 Å². The van der Waals surface area contributed by atoms with Crippen LogP contribution in [0.1, 0.15) is 24.4 Å². The number of benzene rings is 1. The highest BCUT2D eigenvalue weighted by molar-refractivity contribution is 5.36. The number of aliphatic hydroxyl groups excluding tert-OH is 1. The van der Waals surface area contributed by atoms with Crippen LogP contribution in [0.15, 0.2) is 24.3 Å². The van der Waals surface area contributed by atoms with Crippen LogP contribution < -0.4 is 10.1 Å². The first-order valence-corrected chi connectivity index (χ1v) is 5.61. The summed E-state index contributed by atoms with van der Waals surface area (Å²) in [5.74, 6) is 0.120. The lowest BCUT2D eigenvalue weighted by Crippen LogP contribution is -2.27. The fraction of sp³-hybridized carbons (Fsp3) is 0.500. The number of nitrogens with one attached hydrogen (secondary N) is 1. The highest BCUT2D eigenvalue weighted by Crippen LogP contribution is 2.29. The molecule has 1 aromatic carbocycles. The molecule has 0 saturated heterocycles. The van der Waals surface area contributed by atoms with Crippen LogP contribution in [0.2, 0.25) is 0 Å². The van der Waals surface area contributed by atoms with Crippen LogP contribution in [0, 0.1) is 0 Å². The van der Waals surface area contributed by atoms with Gasteiger partial charge in [0.25, 0.3) is 0 Å². The van der Waals surface area contributed by atoms with Gasteiger partial charge in [0.1, 0.15) is 5.75 Å². The van der Waals surface area contributed by atoms with E-state index in [-0.39, 0.29) is 18.4 Å². The summed E-state index contributed by atoms with van der Waals surface area (Å²) in [7, 11) is 0. The first-order chi connectivity index (χ1) is 8.20. The standard InChI is InChI=1S/C12H15F2NO2/c13-12(14)17-11-4-2-1-3-9(11)10(7-16)15-8-5-6-8/h1-4,8,10,12,15-16H,5-7H2. The third-order valence-corrected chi connectivity index (χ3v) is 2.71. The van der Waals surface area contributed by atoms with Crippen molar-refractivity contribution in [2.24, 2.45) is 0 Å². The summed E-state index contributed by atoms with van der Waals surface area (Å²) in [6.07, 6.45) is 2.13. The molecule has 0 spiro atoms. The van der Waals surface area contributed by atoms with Crippen LogP contribution >= 0.6 is 0 Å².